The average Bonchev–Trinajstić information content (AvgIpc) is 2.46. The minimum atomic E-state index is -1.04. The van der Waals surface area contributed by atoms with E-state index < -0.39 is 5.97 Å². The third kappa shape index (κ3) is 3.81. The summed E-state index contributed by atoms with van der Waals surface area (Å²) in [6, 6.07) is 5.08. The van der Waals surface area contributed by atoms with E-state index in [1.165, 1.54) is 0 Å². The lowest BCUT2D eigenvalue weighted by atomic mass is 10.1. The monoisotopic (exact) mass is 306 g/mol. The molecule has 0 amide bonds. The molecular weight excluding hydrogens is 296 g/mol. The average molecular weight is 307 g/mol. The van der Waals surface area contributed by atoms with Gasteiger partial charge in [-0.1, -0.05) is 11.6 Å². The van der Waals surface area contributed by atoms with Crippen LogP contribution in [0.25, 0.3) is 15.6 Å². The molecule has 1 heterocycles. The van der Waals surface area contributed by atoms with Gasteiger partial charge >= 0.3 is 5.97 Å². The second-order valence-electron chi connectivity index (χ2n) is 4.05. The Labute approximate surface area is 125 Å². The Bertz CT molecular complexity index is 712. The molecule has 0 atom stereocenters. The first-order valence-electron chi connectivity index (χ1n) is 6.00. The van der Waals surface area contributed by atoms with Crippen LogP contribution in [0.15, 0.2) is 24.4 Å². The van der Waals surface area contributed by atoms with Crippen LogP contribution in [0.3, 0.4) is 0 Å². The molecule has 21 heavy (non-hydrogen) atoms. The van der Waals surface area contributed by atoms with Crippen molar-refractivity contribution < 1.29 is 19.4 Å². The molecule has 0 aliphatic rings. The zero-order valence-electron chi connectivity index (χ0n) is 10.9. The van der Waals surface area contributed by atoms with Crippen molar-refractivity contribution in [1.82, 2.24) is 4.98 Å². The zero-order chi connectivity index (χ0) is 15.2. The van der Waals surface area contributed by atoms with E-state index in [9.17, 15) is 4.79 Å². The number of ether oxygens (including phenoxy) is 2. The molecule has 108 valence electrons. The van der Waals surface area contributed by atoms with Crippen LogP contribution in [0.2, 0.25) is 5.15 Å². The Morgan fingerprint density at radius 3 is 2.95 bits per heavy atom. The van der Waals surface area contributed by atoms with Gasteiger partial charge in [0, 0.05) is 11.6 Å². The second-order valence-corrected chi connectivity index (χ2v) is 4.41. The predicted octanol–water partition coefficient (Wildman–Crippen LogP) is 2.92. The van der Waals surface area contributed by atoms with Crippen LogP contribution >= 0.6 is 11.6 Å². The van der Waals surface area contributed by atoms with Crippen LogP contribution in [0.1, 0.15) is 0 Å². The fourth-order valence-electron chi connectivity index (χ4n) is 1.73. The number of aliphatic carboxylic acids is 1. The lowest BCUT2D eigenvalue weighted by Crippen LogP contribution is -2.12. The van der Waals surface area contributed by atoms with Crippen molar-refractivity contribution in [3.05, 3.63) is 41.0 Å². The maximum Gasteiger partial charge on any atom is 0.329 e. The van der Waals surface area contributed by atoms with Crippen molar-refractivity contribution in [2.24, 2.45) is 0 Å². The van der Waals surface area contributed by atoms with E-state index in [0.29, 0.717) is 22.0 Å². The van der Waals surface area contributed by atoms with Gasteiger partial charge in [0.05, 0.1) is 13.2 Å². The van der Waals surface area contributed by atoms with E-state index in [0.717, 1.165) is 5.39 Å². The van der Waals surface area contributed by atoms with E-state index in [1.54, 1.807) is 24.4 Å². The number of rotatable bonds is 6. The molecule has 0 aliphatic carbocycles. The van der Waals surface area contributed by atoms with Crippen LogP contribution in [0, 0.1) is 6.57 Å². The molecule has 1 aromatic heterocycles. The molecule has 0 radical (unpaired) electrons. The van der Waals surface area contributed by atoms with Gasteiger partial charge in [-0.05, 0) is 23.6 Å². The summed E-state index contributed by atoms with van der Waals surface area (Å²) in [5, 5.41) is 10.3. The Morgan fingerprint density at radius 2 is 2.24 bits per heavy atom. The molecule has 0 saturated heterocycles. The number of carboxylic acid groups (broad SMARTS) is 1. The number of hydrogen-bond acceptors (Lipinski definition) is 4. The standard InChI is InChI=1S/C14H11ClN2O4/c1-16-11-6-9-2-3-17-14(15)10(9)7-12(11)21-5-4-20-8-13(18)19/h2-3,6-7H,4-5,8H2,(H,18,19). The van der Waals surface area contributed by atoms with Gasteiger partial charge < -0.3 is 14.6 Å². The molecule has 0 unspecified atom stereocenters. The Kier molecular flexibility index (Phi) is 4.93. The van der Waals surface area contributed by atoms with Gasteiger partial charge in [0.1, 0.15) is 24.1 Å². The van der Waals surface area contributed by atoms with Crippen LogP contribution in [0.5, 0.6) is 5.75 Å². The summed E-state index contributed by atoms with van der Waals surface area (Å²) in [5.41, 5.74) is 0.350. The number of nitrogens with zero attached hydrogens (tertiary/aromatic N) is 2. The lowest BCUT2D eigenvalue weighted by molar-refractivity contribution is -0.142. The number of pyridine rings is 1. The summed E-state index contributed by atoms with van der Waals surface area (Å²) < 4.78 is 10.3. The minimum absolute atomic E-state index is 0.114. The Hall–Kier alpha value is -2.36. The number of halogens is 1. The molecule has 1 N–H and O–H groups in total. The molecule has 2 aromatic rings. The highest BCUT2D eigenvalue weighted by atomic mass is 35.5. The molecule has 1 aromatic carbocycles. The molecule has 0 fully saturated rings. The van der Waals surface area contributed by atoms with E-state index in [4.69, 9.17) is 32.8 Å². The third-order valence-corrected chi connectivity index (χ3v) is 2.93. The molecule has 7 heteroatoms. The first-order chi connectivity index (χ1) is 10.1. The van der Waals surface area contributed by atoms with Gasteiger partial charge in [-0.15, -0.1) is 0 Å². The lowest BCUT2D eigenvalue weighted by Gasteiger charge is -2.10. The Balaban J connectivity index is 2.13. The fourth-order valence-corrected chi connectivity index (χ4v) is 1.95. The Morgan fingerprint density at radius 1 is 1.43 bits per heavy atom. The summed E-state index contributed by atoms with van der Waals surface area (Å²) in [5.74, 6) is -0.674. The number of fused-ring (bicyclic) bond motifs is 1. The van der Waals surface area contributed by atoms with E-state index in [1.807, 2.05) is 0 Å². The number of hydrogen-bond donors (Lipinski definition) is 1. The van der Waals surface area contributed by atoms with Gasteiger partial charge in [0.2, 0.25) is 5.69 Å². The van der Waals surface area contributed by atoms with E-state index in [-0.39, 0.29) is 19.8 Å². The molecule has 0 saturated carbocycles. The van der Waals surface area contributed by atoms with Gasteiger partial charge in [0.15, 0.2) is 0 Å². The van der Waals surface area contributed by atoms with Gasteiger partial charge in [-0.2, -0.15) is 0 Å². The quantitative estimate of drug-likeness (QED) is 0.504. The van der Waals surface area contributed by atoms with Crippen molar-refractivity contribution in [3.8, 4) is 5.75 Å². The van der Waals surface area contributed by atoms with E-state index in [2.05, 4.69) is 9.83 Å². The predicted molar refractivity (Wildman–Crippen MR) is 77.0 cm³/mol. The SMILES string of the molecule is [C-]#[N+]c1cc2ccnc(Cl)c2cc1OCCOCC(=O)O. The number of aromatic nitrogens is 1. The first kappa shape index (κ1) is 15.0. The van der Waals surface area contributed by atoms with Crippen LogP contribution < -0.4 is 4.74 Å². The highest BCUT2D eigenvalue weighted by Gasteiger charge is 2.09. The van der Waals surface area contributed by atoms with Crippen molar-refractivity contribution in [2.45, 2.75) is 0 Å². The maximum absolute atomic E-state index is 10.3. The highest BCUT2D eigenvalue weighted by Crippen LogP contribution is 2.34. The largest absolute Gasteiger partial charge is 0.502 e. The van der Waals surface area contributed by atoms with Crippen molar-refractivity contribution >= 4 is 34.0 Å². The summed E-state index contributed by atoms with van der Waals surface area (Å²) >= 11 is 6.01. The van der Waals surface area contributed by atoms with Crippen LogP contribution in [-0.4, -0.2) is 35.9 Å². The summed E-state index contributed by atoms with van der Waals surface area (Å²) in [6.07, 6.45) is 1.57. The van der Waals surface area contributed by atoms with Crippen molar-refractivity contribution in [2.75, 3.05) is 19.8 Å². The minimum Gasteiger partial charge on any atom is -0.502 e. The summed E-state index contributed by atoms with van der Waals surface area (Å²) in [6.45, 7) is 7.04. The third-order valence-electron chi connectivity index (χ3n) is 2.63. The molecular formula is C14H11ClN2O4. The first-order valence-corrected chi connectivity index (χ1v) is 6.37. The van der Waals surface area contributed by atoms with E-state index >= 15 is 0 Å². The maximum atomic E-state index is 10.3. The van der Waals surface area contributed by atoms with Gasteiger partial charge in [0.25, 0.3) is 0 Å². The molecule has 0 spiro atoms. The summed E-state index contributed by atoms with van der Waals surface area (Å²) in [7, 11) is 0. The van der Waals surface area contributed by atoms with Crippen molar-refractivity contribution in [3.63, 3.8) is 0 Å². The fraction of sp³-hybridized carbons (Fsp3) is 0.214. The normalized spacial score (nSPS) is 10.3. The highest BCUT2D eigenvalue weighted by molar-refractivity contribution is 6.34. The second kappa shape index (κ2) is 6.88. The smallest absolute Gasteiger partial charge is 0.329 e. The van der Waals surface area contributed by atoms with Crippen LogP contribution in [-0.2, 0) is 9.53 Å². The topological polar surface area (TPSA) is 73.0 Å². The van der Waals surface area contributed by atoms with Gasteiger partial charge in [-0.25, -0.2) is 14.6 Å². The molecule has 0 bridgehead atoms. The van der Waals surface area contributed by atoms with Crippen LogP contribution in [0.4, 0.5) is 5.69 Å². The van der Waals surface area contributed by atoms with Gasteiger partial charge in [-0.3, -0.25) is 0 Å². The number of benzene rings is 1. The summed E-state index contributed by atoms with van der Waals surface area (Å²) in [4.78, 5) is 17.7. The van der Waals surface area contributed by atoms with Crippen molar-refractivity contribution in [1.29, 1.82) is 0 Å². The number of carbonyl (C=O) groups is 1. The number of carboxylic acids is 1. The zero-order valence-corrected chi connectivity index (χ0v) is 11.6. The molecule has 0 aliphatic heterocycles. The molecule has 2 rings (SSSR count). The molecule has 6 nitrogen and oxygen atoms in total.